The lowest BCUT2D eigenvalue weighted by Gasteiger charge is -2.34. The van der Waals surface area contributed by atoms with Crippen molar-refractivity contribution in [3.8, 4) is 0 Å². The lowest BCUT2D eigenvalue weighted by atomic mass is 10.1. The van der Waals surface area contributed by atoms with Crippen LogP contribution in [0.15, 0.2) is 47.4 Å². The van der Waals surface area contributed by atoms with Gasteiger partial charge in [-0.1, -0.05) is 29.8 Å². The first-order chi connectivity index (χ1) is 11.9. The second kappa shape index (κ2) is 7.23. The number of nitrogens with zero attached hydrogens (tertiary/aromatic N) is 2. The summed E-state index contributed by atoms with van der Waals surface area (Å²) in [5, 5.41) is 0. The Bertz CT molecular complexity index is 842. The Kier molecular flexibility index (Phi) is 5.22. The van der Waals surface area contributed by atoms with Gasteiger partial charge in [-0.3, -0.25) is 4.90 Å². The van der Waals surface area contributed by atoms with Gasteiger partial charge in [-0.25, -0.2) is 12.8 Å². The maximum absolute atomic E-state index is 13.2. The molecule has 0 aliphatic carbocycles. The number of rotatable bonds is 4. The normalized spacial score (nSPS) is 16.9. The first-order valence-corrected chi connectivity index (χ1v) is 9.84. The molecule has 6 heteroatoms. The minimum absolute atomic E-state index is 0.195. The van der Waals surface area contributed by atoms with Crippen molar-refractivity contribution in [1.82, 2.24) is 9.21 Å². The van der Waals surface area contributed by atoms with E-state index in [4.69, 9.17) is 0 Å². The van der Waals surface area contributed by atoms with Crippen LogP contribution >= 0.6 is 0 Å². The van der Waals surface area contributed by atoms with E-state index in [0.717, 1.165) is 6.54 Å². The molecule has 1 aliphatic rings. The van der Waals surface area contributed by atoms with Crippen molar-refractivity contribution in [3.63, 3.8) is 0 Å². The molecular weight excluding hydrogens is 339 g/mol. The molecule has 0 N–H and O–H groups in total. The number of aryl methyl sites for hydroxylation is 2. The Morgan fingerprint density at radius 2 is 1.60 bits per heavy atom. The van der Waals surface area contributed by atoms with E-state index in [0.29, 0.717) is 31.7 Å². The maximum Gasteiger partial charge on any atom is 0.243 e. The highest BCUT2D eigenvalue weighted by molar-refractivity contribution is 7.89. The van der Waals surface area contributed by atoms with Gasteiger partial charge in [0.25, 0.3) is 0 Å². The summed E-state index contributed by atoms with van der Waals surface area (Å²) >= 11 is 0. The number of piperazine rings is 1. The third kappa shape index (κ3) is 4.08. The minimum atomic E-state index is -3.57. The summed E-state index contributed by atoms with van der Waals surface area (Å²) in [6.45, 7) is 6.79. The van der Waals surface area contributed by atoms with Crippen molar-refractivity contribution in [2.24, 2.45) is 0 Å². The largest absolute Gasteiger partial charge is 0.296 e. The van der Waals surface area contributed by atoms with Gasteiger partial charge in [-0.05, 0) is 43.2 Å². The van der Waals surface area contributed by atoms with Gasteiger partial charge in [0, 0.05) is 32.7 Å². The number of hydrogen-bond acceptors (Lipinski definition) is 3. The summed E-state index contributed by atoms with van der Waals surface area (Å²) in [6.07, 6.45) is 0. The van der Waals surface area contributed by atoms with Crippen LogP contribution in [0.3, 0.4) is 0 Å². The Hall–Kier alpha value is -1.76. The molecule has 0 saturated carbocycles. The van der Waals surface area contributed by atoms with Gasteiger partial charge in [0.05, 0.1) is 4.90 Å². The summed E-state index contributed by atoms with van der Waals surface area (Å²) in [4.78, 5) is 2.45. The van der Waals surface area contributed by atoms with Crippen molar-refractivity contribution >= 4 is 10.0 Å². The lowest BCUT2D eigenvalue weighted by Crippen LogP contribution is -2.48. The van der Waals surface area contributed by atoms with Gasteiger partial charge >= 0.3 is 0 Å². The zero-order valence-electron chi connectivity index (χ0n) is 14.6. The van der Waals surface area contributed by atoms with Crippen LogP contribution in [0.2, 0.25) is 0 Å². The van der Waals surface area contributed by atoms with Crippen LogP contribution in [0.25, 0.3) is 0 Å². The molecular formula is C19H23FN2O2S. The van der Waals surface area contributed by atoms with Crippen molar-refractivity contribution in [1.29, 1.82) is 0 Å². The molecule has 0 atom stereocenters. The van der Waals surface area contributed by atoms with Crippen LogP contribution in [0.5, 0.6) is 0 Å². The summed E-state index contributed by atoms with van der Waals surface area (Å²) in [5.41, 5.74) is 2.91. The first kappa shape index (κ1) is 18.0. The molecule has 25 heavy (non-hydrogen) atoms. The average Bonchev–Trinajstić information content (AvgIpc) is 2.57. The van der Waals surface area contributed by atoms with Crippen LogP contribution in [0.4, 0.5) is 4.39 Å². The van der Waals surface area contributed by atoms with Crippen LogP contribution in [-0.2, 0) is 16.6 Å². The Balaban J connectivity index is 1.66. The SMILES string of the molecule is Cc1ccc(CN2CCN(S(=O)(=O)c3ccc(F)cc3C)CC2)cc1. The zero-order valence-corrected chi connectivity index (χ0v) is 15.4. The topological polar surface area (TPSA) is 40.6 Å². The lowest BCUT2D eigenvalue weighted by molar-refractivity contribution is 0.181. The van der Waals surface area contributed by atoms with E-state index in [1.165, 1.54) is 33.6 Å². The van der Waals surface area contributed by atoms with Crippen LogP contribution < -0.4 is 0 Å². The van der Waals surface area contributed by atoms with E-state index >= 15 is 0 Å². The van der Waals surface area contributed by atoms with E-state index in [2.05, 4.69) is 36.1 Å². The summed E-state index contributed by atoms with van der Waals surface area (Å²) in [7, 11) is -3.57. The van der Waals surface area contributed by atoms with Crippen molar-refractivity contribution in [3.05, 3.63) is 65.0 Å². The Morgan fingerprint density at radius 3 is 2.20 bits per heavy atom. The number of halogens is 1. The summed E-state index contributed by atoms with van der Waals surface area (Å²) in [6, 6.07) is 12.2. The van der Waals surface area contributed by atoms with Gasteiger partial charge < -0.3 is 0 Å². The Labute approximate surface area is 148 Å². The van der Waals surface area contributed by atoms with Crippen molar-refractivity contribution in [2.75, 3.05) is 26.2 Å². The molecule has 0 aromatic heterocycles. The summed E-state index contributed by atoms with van der Waals surface area (Å²) in [5.74, 6) is -0.417. The molecule has 1 heterocycles. The molecule has 1 aliphatic heterocycles. The minimum Gasteiger partial charge on any atom is -0.296 e. The molecule has 3 rings (SSSR count). The molecule has 2 aromatic carbocycles. The smallest absolute Gasteiger partial charge is 0.243 e. The van der Waals surface area contributed by atoms with E-state index in [-0.39, 0.29) is 4.90 Å². The molecule has 1 fully saturated rings. The fraction of sp³-hybridized carbons (Fsp3) is 0.368. The van der Waals surface area contributed by atoms with Gasteiger partial charge in [-0.15, -0.1) is 0 Å². The average molecular weight is 362 g/mol. The Morgan fingerprint density at radius 1 is 0.960 bits per heavy atom. The molecule has 0 unspecified atom stereocenters. The predicted molar refractivity (Wildman–Crippen MR) is 96.4 cm³/mol. The molecule has 0 amide bonds. The highest BCUT2D eigenvalue weighted by atomic mass is 32.2. The van der Waals surface area contributed by atoms with Gasteiger partial charge in [0.2, 0.25) is 10.0 Å². The third-order valence-electron chi connectivity index (χ3n) is 4.61. The van der Waals surface area contributed by atoms with E-state index in [1.807, 2.05) is 0 Å². The molecule has 0 bridgehead atoms. The first-order valence-electron chi connectivity index (χ1n) is 8.40. The number of sulfonamides is 1. The standard InChI is InChI=1S/C19H23FN2O2S/c1-15-3-5-17(6-4-15)14-21-9-11-22(12-10-21)25(23,24)19-8-7-18(20)13-16(19)2/h3-8,13H,9-12,14H2,1-2H3. The maximum atomic E-state index is 13.2. The van der Waals surface area contributed by atoms with Crippen LogP contribution in [-0.4, -0.2) is 43.8 Å². The molecule has 4 nitrogen and oxygen atoms in total. The molecule has 134 valence electrons. The van der Waals surface area contributed by atoms with Gasteiger partial charge in [-0.2, -0.15) is 4.31 Å². The van der Waals surface area contributed by atoms with Gasteiger partial charge in [0.15, 0.2) is 0 Å². The third-order valence-corrected chi connectivity index (χ3v) is 6.67. The van der Waals surface area contributed by atoms with Crippen molar-refractivity contribution in [2.45, 2.75) is 25.3 Å². The van der Waals surface area contributed by atoms with Gasteiger partial charge in [0.1, 0.15) is 5.82 Å². The van der Waals surface area contributed by atoms with Crippen LogP contribution in [0, 0.1) is 19.7 Å². The molecule has 0 radical (unpaired) electrons. The highest BCUT2D eigenvalue weighted by Crippen LogP contribution is 2.22. The molecule has 0 spiro atoms. The second-order valence-electron chi connectivity index (χ2n) is 6.58. The van der Waals surface area contributed by atoms with E-state index in [1.54, 1.807) is 6.92 Å². The van der Waals surface area contributed by atoms with E-state index < -0.39 is 15.8 Å². The summed E-state index contributed by atoms with van der Waals surface area (Å²) < 4.78 is 40.4. The van der Waals surface area contributed by atoms with Crippen molar-refractivity contribution < 1.29 is 12.8 Å². The van der Waals surface area contributed by atoms with Crippen LogP contribution in [0.1, 0.15) is 16.7 Å². The van der Waals surface area contributed by atoms with E-state index in [9.17, 15) is 12.8 Å². The molecule has 2 aromatic rings. The fourth-order valence-corrected chi connectivity index (χ4v) is 4.75. The second-order valence-corrected chi connectivity index (χ2v) is 8.48. The molecule has 1 saturated heterocycles. The monoisotopic (exact) mass is 362 g/mol. The predicted octanol–water partition coefficient (Wildman–Crippen LogP) is 2.95. The zero-order chi connectivity index (χ0) is 18.0. The quantitative estimate of drug-likeness (QED) is 0.840. The highest BCUT2D eigenvalue weighted by Gasteiger charge is 2.29. The number of benzene rings is 2. The number of hydrogen-bond donors (Lipinski definition) is 0. The fourth-order valence-electron chi connectivity index (χ4n) is 3.12.